The Morgan fingerprint density at radius 3 is 2.39 bits per heavy atom. The first-order chi connectivity index (χ1) is 11.2. The van der Waals surface area contributed by atoms with E-state index in [2.05, 4.69) is 15.5 Å². The molecular formula is C17H39N3O3. The first kappa shape index (κ1) is 22.3. The van der Waals surface area contributed by atoms with Crippen LogP contribution in [0.1, 0.15) is 35.5 Å². The molecule has 1 saturated heterocycles. The molecule has 1 rings (SSSR count). The van der Waals surface area contributed by atoms with Crippen molar-refractivity contribution in [1.29, 1.82) is 0 Å². The maximum Gasteiger partial charge on any atom is 0.222 e. The molecule has 1 unspecified atom stereocenters. The van der Waals surface area contributed by atoms with E-state index in [1.807, 2.05) is 27.7 Å². The van der Waals surface area contributed by atoms with Crippen molar-refractivity contribution >= 4 is 5.91 Å². The molecule has 23 heavy (non-hydrogen) atoms. The monoisotopic (exact) mass is 333 g/mol. The third-order valence-electron chi connectivity index (χ3n) is 3.74. The molecule has 0 saturated carbocycles. The minimum absolute atomic E-state index is 0. The summed E-state index contributed by atoms with van der Waals surface area (Å²) in [5, 5.41) is 6.19. The Morgan fingerprint density at radius 2 is 1.78 bits per heavy atom. The normalized spacial score (nSPS) is 16.3. The van der Waals surface area contributed by atoms with Crippen LogP contribution in [-0.2, 0) is 14.3 Å². The van der Waals surface area contributed by atoms with Crippen molar-refractivity contribution in [2.75, 3.05) is 65.7 Å². The number of carbonyl (C=O) groups is 1. The van der Waals surface area contributed by atoms with E-state index in [1.54, 1.807) is 0 Å². The number of nitrogens with zero attached hydrogens (tertiary/aromatic N) is 1. The van der Waals surface area contributed by atoms with Crippen molar-refractivity contribution in [1.82, 2.24) is 15.5 Å². The molecule has 140 valence electrons. The zero-order chi connectivity index (χ0) is 17.3. The molecule has 6 nitrogen and oxygen atoms in total. The maximum absolute atomic E-state index is 11.5. The Bertz CT molecular complexity index is 278. The van der Waals surface area contributed by atoms with E-state index in [0.29, 0.717) is 26.4 Å². The molecule has 0 aliphatic carbocycles. The van der Waals surface area contributed by atoms with Gasteiger partial charge in [0.15, 0.2) is 0 Å². The number of hydrogen-bond donors (Lipinski definition) is 2. The van der Waals surface area contributed by atoms with Crippen LogP contribution in [0.5, 0.6) is 0 Å². The van der Waals surface area contributed by atoms with E-state index in [-0.39, 0.29) is 13.3 Å². The van der Waals surface area contributed by atoms with Crippen LogP contribution in [0.4, 0.5) is 0 Å². The molecular weight excluding hydrogens is 294 g/mol. The van der Waals surface area contributed by atoms with Crippen LogP contribution in [-0.4, -0.2) is 76.5 Å². The number of nitrogens with one attached hydrogen (secondary N) is 2. The SMILES string of the molecule is CC.CCC(C)C(=O)NCCOCCOCCN1CCNCC1.[HH]. The van der Waals surface area contributed by atoms with Gasteiger partial charge in [-0.3, -0.25) is 9.69 Å². The van der Waals surface area contributed by atoms with Crippen LogP contribution in [0.3, 0.4) is 0 Å². The van der Waals surface area contributed by atoms with Crippen molar-refractivity contribution in [2.45, 2.75) is 34.1 Å². The molecule has 0 aromatic heterocycles. The predicted molar refractivity (Wildman–Crippen MR) is 96.9 cm³/mol. The number of piperazine rings is 1. The Labute approximate surface area is 143 Å². The zero-order valence-corrected chi connectivity index (χ0v) is 15.5. The van der Waals surface area contributed by atoms with E-state index >= 15 is 0 Å². The van der Waals surface area contributed by atoms with Gasteiger partial charge in [0.1, 0.15) is 0 Å². The van der Waals surface area contributed by atoms with Crippen molar-refractivity contribution in [3.8, 4) is 0 Å². The van der Waals surface area contributed by atoms with Crippen molar-refractivity contribution in [3.63, 3.8) is 0 Å². The minimum atomic E-state index is 0. The second-order valence-electron chi connectivity index (χ2n) is 5.42. The summed E-state index contributed by atoms with van der Waals surface area (Å²) in [5.41, 5.74) is 0. The topological polar surface area (TPSA) is 62.8 Å². The highest BCUT2D eigenvalue weighted by atomic mass is 16.5. The molecule has 0 radical (unpaired) electrons. The average Bonchev–Trinajstić information content (AvgIpc) is 2.62. The van der Waals surface area contributed by atoms with E-state index in [1.165, 1.54) is 0 Å². The standard InChI is InChI=1S/C15H31N3O3.C2H6.H2/c1-3-14(2)15(19)17-6-10-20-12-13-21-11-9-18-7-4-16-5-8-18;1-2;/h14,16H,3-13H2,1-2H3,(H,17,19);1-2H3;1H. The van der Waals surface area contributed by atoms with Crippen LogP contribution in [0, 0.1) is 5.92 Å². The Kier molecular flexibility index (Phi) is 15.7. The minimum Gasteiger partial charge on any atom is -0.378 e. The van der Waals surface area contributed by atoms with Crippen LogP contribution in [0.2, 0.25) is 0 Å². The number of amides is 1. The Balaban J connectivity index is 0. The highest BCUT2D eigenvalue weighted by molar-refractivity contribution is 5.78. The summed E-state index contributed by atoms with van der Waals surface area (Å²) < 4.78 is 11.0. The summed E-state index contributed by atoms with van der Waals surface area (Å²) >= 11 is 0. The molecule has 0 aromatic rings. The molecule has 1 aliphatic heterocycles. The summed E-state index contributed by atoms with van der Waals surface area (Å²) in [6.07, 6.45) is 0.869. The van der Waals surface area contributed by atoms with Crippen LogP contribution < -0.4 is 10.6 Å². The number of carbonyl (C=O) groups excluding carboxylic acids is 1. The lowest BCUT2D eigenvalue weighted by Gasteiger charge is -2.26. The fourth-order valence-electron chi connectivity index (χ4n) is 2.06. The molecule has 1 aliphatic rings. The lowest BCUT2D eigenvalue weighted by molar-refractivity contribution is -0.124. The maximum atomic E-state index is 11.5. The Hall–Kier alpha value is -0.690. The summed E-state index contributed by atoms with van der Waals surface area (Å²) in [6.45, 7) is 16.4. The molecule has 0 bridgehead atoms. The lowest BCUT2D eigenvalue weighted by atomic mass is 10.1. The van der Waals surface area contributed by atoms with E-state index in [9.17, 15) is 4.79 Å². The first-order valence-electron chi connectivity index (χ1n) is 9.10. The van der Waals surface area contributed by atoms with Crippen molar-refractivity contribution in [2.24, 2.45) is 5.92 Å². The van der Waals surface area contributed by atoms with E-state index in [4.69, 9.17) is 9.47 Å². The highest BCUT2D eigenvalue weighted by Crippen LogP contribution is 1.98. The molecule has 1 atom stereocenters. The smallest absolute Gasteiger partial charge is 0.222 e. The van der Waals surface area contributed by atoms with Gasteiger partial charge in [-0.2, -0.15) is 0 Å². The summed E-state index contributed by atoms with van der Waals surface area (Å²) in [5.74, 6) is 0.187. The fraction of sp³-hybridized carbons (Fsp3) is 0.941. The van der Waals surface area contributed by atoms with Gasteiger partial charge in [-0.1, -0.05) is 27.7 Å². The number of hydrogen-bond acceptors (Lipinski definition) is 5. The van der Waals surface area contributed by atoms with Crippen molar-refractivity contribution < 1.29 is 15.7 Å². The van der Waals surface area contributed by atoms with Gasteiger partial charge in [-0.25, -0.2) is 0 Å². The van der Waals surface area contributed by atoms with Gasteiger partial charge in [0.2, 0.25) is 5.91 Å². The van der Waals surface area contributed by atoms with Crippen molar-refractivity contribution in [3.05, 3.63) is 0 Å². The van der Waals surface area contributed by atoms with Crippen LogP contribution >= 0.6 is 0 Å². The molecule has 1 heterocycles. The molecule has 1 amide bonds. The molecule has 0 spiro atoms. The van der Waals surface area contributed by atoms with Gasteiger partial charge >= 0.3 is 0 Å². The van der Waals surface area contributed by atoms with Gasteiger partial charge in [0.05, 0.1) is 26.4 Å². The van der Waals surface area contributed by atoms with Gasteiger partial charge in [0.25, 0.3) is 0 Å². The first-order valence-corrected chi connectivity index (χ1v) is 9.10. The fourth-order valence-corrected chi connectivity index (χ4v) is 2.06. The van der Waals surface area contributed by atoms with Gasteiger partial charge in [0, 0.05) is 46.6 Å². The zero-order valence-electron chi connectivity index (χ0n) is 15.5. The Morgan fingerprint density at radius 1 is 1.17 bits per heavy atom. The summed E-state index contributed by atoms with van der Waals surface area (Å²) in [7, 11) is 0. The number of ether oxygens (including phenoxy) is 2. The third kappa shape index (κ3) is 12.4. The van der Waals surface area contributed by atoms with Crippen LogP contribution in [0.15, 0.2) is 0 Å². The average molecular weight is 334 g/mol. The largest absolute Gasteiger partial charge is 0.378 e. The van der Waals surface area contributed by atoms with E-state index < -0.39 is 0 Å². The molecule has 0 aromatic carbocycles. The predicted octanol–water partition coefficient (Wildman–Crippen LogP) is 1.36. The third-order valence-corrected chi connectivity index (χ3v) is 3.74. The van der Waals surface area contributed by atoms with Gasteiger partial charge < -0.3 is 20.1 Å². The molecule has 2 N–H and O–H groups in total. The second kappa shape index (κ2) is 16.2. The van der Waals surface area contributed by atoms with E-state index in [0.717, 1.165) is 45.8 Å². The highest BCUT2D eigenvalue weighted by Gasteiger charge is 2.09. The summed E-state index contributed by atoms with van der Waals surface area (Å²) in [6, 6.07) is 0. The van der Waals surface area contributed by atoms with Crippen LogP contribution in [0.25, 0.3) is 0 Å². The second-order valence-corrected chi connectivity index (χ2v) is 5.42. The summed E-state index contributed by atoms with van der Waals surface area (Å²) in [4.78, 5) is 13.9. The quantitative estimate of drug-likeness (QED) is 0.559. The molecule has 6 heteroatoms. The molecule has 1 fully saturated rings. The lowest BCUT2D eigenvalue weighted by Crippen LogP contribution is -2.44. The van der Waals surface area contributed by atoms with Gasteiger partial charge in [-0.15, -0.1) is 0 Å². The number of rotatable bonds is 11. The van der Waals surface area contributed by atoms with Gasteiger partial charge in [-0.05, 0) is 6.42 Å².